The van der Waals surface area contributed by atoms with E-state index in [9.17, 15) is 14.7 Å². The van der Waals surface area contributed by atoms with Gasteiger partial charge in [-0.25, -0.2) is 4.79 Å². The SMILES string of the molecule is CC(C)C1CCCC(C(=O)O)(N(C=O)C2CC2)CC1. The van der Waals surface area contributed by atoms with Gasteiger partial charge >= 0.3 is 5.97 Å². The Kier molecular flexibility index (Phi) is 4.16. The quantitative estimate of drug-likeness (QED) is 0.615. The monoisotopic (exact) mass is 267 g/mol. The molecule has 2 aliphatic rings. The van der Waals surface area contributed by atoms with Crippen LogP contribution in [0.3, 0.4) is 0 Å². The third-order valence-electron chi connectivity index (χ3n) is 4.98. The average Bonchev–Trinajstić information content (AvgIpc) is 3.16. The molecule has 0 heterocycles. The summed E-state index contributed by atoms with van der Waals surface area (Å²) in [6, 6.07) is 0.171. The van der Waals surface area contributed by atoms with Crippen LogP contribution in [0.2, 0.25) is 0 Å². The summed E-state index contributed by atoms with van der Waals surface area (Å²) in [6.45, 7) is 4.41. The maximum atomic E-state index is 11.8. The topological polar surface area (TPSA) is 57.6 Å². The second kappa shape index (κ2) is 5.51. The average molecular weight is 267 g/mol. The van der Waals surface area contributed by atoms with Crippen LogP contribution in [0.25, 0.3) is 0 Å². The molecule has 2 saturated carbocycles. The zero-order valence-corrected chi connectivity index (χ0v) is 12.0. The van der Waals surface area contributed by atoms with E-state index in [4.69, 9.17) is 0 Å². The first-order valence-corrected chi connectivity index (χ1v) is 7.48. The van der Waals surface area contributed by atoms with Gasteiger partial charge in [0.2, 0.25) is 6.41 Å². The minimum atomic E-state index is -0.938. The van der Waals surface area contributed by atoms with Gasteiger partial charge in [0.1, 0.15) is 5.54 Å². The molecule has 1 amide bonds. The lowest BCUT2D eigenvalue weighted by Crippen LogP contribution is -2.55. The molecule has 0 saturated heterocycles. The molecule has 108 valence electrons. The Balaban J connectivity index is 2.19. The van der Waals surface area contributed by atoms with Gasteiger partial charge in [-0.05, 0) is 43.9 Å². The largest absolute Gasteiger partial charge is 0.479 e. The summed E-state index contributed by atoms with van der Waals surface area (Å²) in [5.74, 6) is 0.375. The number of carboxylic acids is 1. The zero-order chi connectivity index (χ0) is 14.0. The molecule has 19 heavy (non-hydrogen) atoms. The number of aliphatic carboxylic acids is 1. The van der Waals surface area contributed by atoms with E-state index >= 15 is 0 Å². The van der Waals surface area contributed by atoms with Crippen molar-refractivity contribution in [3.8, 4) is 0 Å². The normalized spacial score (nSPS) is 31.8. The van der Waals surface area contributed by atoms with Crippen LogP contribution in [0.15, 0.2) is 0 Å². The van der Waals surface area contributed by atoms with Crippen LogP contribution in [0.5, 0.6) is 0 Å². The van der Waals surface area contributed by atoms with Crippen molar-refractivity contribution < 1.29 is 14.7 Å². The van der Waals surface area contributed by atoms with Crippen molar-refractivity contribution >= 4 is 12.4 Å². The molecule has 2 unspecified atom stereocenters. The fraction of sp³-hybridized carbons (Fsp3) is 0.867. The second-order valence-electron chi connectivity index (χ2n) is 6.52. The fourth-order valence-corrected chi connectivity index (χ4v) is 3.49. The zero-order valence-electron chi connectivity index (χ0n) is 12.0. The van der Waals surface area contributed by atoms with E-state index in [1.54, 1.807) is 4.90 Å². The van der Waals surface area contributed by atoms with Gasteiger partial charge in [-0.1, -0.05) is 26.7 Å². The smallest absolute Gasteiger partial charge is 0.329 e. The Labute approximate surface area is 115 Å². The Bertz CT molecular complexity index is 351. The van der Waals surface area contributed by atoms with E-state index in [2.05, 4.69) is 13.8 Å². The summed E-state index contributed by atoms with van der Waals surface area (Å²) in [5, 5.41) is 9.72. The number of amides is 1. The molecule has 0 spiro atoms. The number of carbonyl (C=O) groups excluding carboxylic acids is 1. The third kappa shape index (κ3) is 2.77. The minimum Gasteiger partial charge on any atom is -0.479 e. The molecule has 0 bridgehead atoms. The molecule has 4 nitrogen and oxygen atoms in total. The number of hydrogen-bond donors (Lipinski definition) is 1. The Hall–Kier alpha value is -1.06. The van der Waals surface area contributed by atoms with Crippen LogP contribution in [-0.2, 0) is 9.59 Å². The summed E-state index contributed by atoms with van der Waals surface area (Å²) in [4.78, 5) is 24.8. The molecule has 0 aliphatic heterocycles. The van der Waals surface area contributed by atoms with Crippen LogP contribution in [0, 0.1) is 11.8 Å². The van der Waals surface area contributed by atoms with E-state index in [1.807, 2.05) is 0 Å². The molecular weight excluding hydrogens is 242 g/mol. The maximum Gasteiger partial charge on any atom is 0.329 e. The molecule has 0 aromatic rings. The van der Waals surface area contributed by atoms with Gasteiger partial charge in [0.15, 0.2) is 0 Å². The highest BCUT2D eigenvalue weighted by Gasteiger charge is 2.49. The van der Waals surface area contributed by atoms with Crippen molar-refractivity contribution in [2.24, 2.45) is 11.8 Å². The third-order valence-corrected chi connectivity index (χ3v) is 4.98. The molecular formula is C15H25NO3. The molecule has 2 fully saturated rings. The summed E-state index contributed by atoms with van der Waals surface area (Å²) in [6.07, 6.45) is 6.84. The van der Waals surface area contributed by atoms with Crippen molar-refractivity contribution in [1.82, 2.24) is 4.90 Å². The van der Waals surface area contributed by atoms with E-state index in [0.717, 1.165) is 38.5 Å². The van der Waals surface area contributed by atoms with Gasteiger partial charge in [0, 0.05) is 6.04 Å². The Morgan fingerprint density at radius 2 is 1.95 bits per heavy atom. The van der Waals surface area contributed by atoms with E-state index in [0.29, 0.717) is 24.7 Å². The van der Waals surface area contributed by atoms with Crippen molar-refractivity contribution in [3.05, 3.63) is 0 Å². The van der Waals surface area contributed by atoms with Crippen LogP contribution >= 0.6 is 0 Å². The van der Waals surface area contributed by atoms with Gasteiger partial charge in [-0.3, -0.25) is 4.79 Å². The highest BCUT2D eigenvalue weighted by Crippen LogP contribution is 2.41. The minimum absolute atomic E-state index is 0.171. The van der Waals surface area contributed by atoms with Crippen molar-refractivity contribution in [3.63, 3.8) is 0 Å². The first kappa shape index (κ1) is 14.4. The first-order valence-electron chi connectivity index (χ1n) is 7.48. The molecule has 0 aromatic carbocycles. The lowest BCUT2D eigenvalue weighted by Gasteiger charge is -2.38. The fourth-order valence-electron chi connectivity index (χ4n) is 3.49. The van der Waals surface area contributed by atoms with E-state index < -0.39 is 11.5 Å². The van der Waals surface area contributed by atoms with E-state index in [-0.39, 0.29) is 6.04 Å². The lowest BCUT2D eigenvalue weighted by molar-refractivity contribution is -0.157. The molecule has 1 N–H and O–H groups in total. The summed E-state index contributed by atoms with van der Waals surface area (Å²) >= 11 is 0. The van der Waals surface area contributed by atoms with Gasteiger partial charge in [-0.15, -0.1) is 0 Å². The molecule has 4 heteroatoms. The molecule has 2 aliphatic carbocycles. The Morgan fingerprint density at radius 1 is 1.26 bits per heavy atom. The van der Waals surface area contributed by atoms with Crippen LogP contribution in [0.4, 0.5) is 0 Å². The standard InChI is InChI=1S/C15H25NO3/c1-11(2)12-4-3-8-15(9-7-12,14(18)19)16(10-17)13-5-6-13/h10-13H,3-9H2,1-2H3,(H,18,19). The van der Waals surface area contributed by atoms with Gasteiger partial charge in [-0.2, -0.15) is 0 Å². The summed E-state index contributed by atoms with van der Waals surface area (Å²) in [7, 11) is 0. The van der Waals surface area contributed by atoms with Crippen molar-refractivity contribution in [2.75, 3.05) is 0 Å². The number of hydrogen-bond acceptors (Lipinski definition) is 2. The number of rotatable bonds is 5. The first-order chi connectivity index (χ1) is 9.01. The molecule has 0 radical (unpaired) electrons. The van der Waals surface area contributed by atoms with Gasteiger partial charge in [0.25, 0.3) is 0 Å². The molecule has 0 aromatic heterocycles. The Morgan fingerprint density at radius 3 is 2.42 bits per heavy atom. The highest BCUT2D eigenvalue weighted by atomic mass is 16.4. The van der Waals surface area contributed by atoms with Gasteiger partial charge in [0.05, 0.1) is 0 Å². The van der Waals surface area contributed by atoms with Crippen molar-refractivity contribution in [1.29, 1.82) is 0 Å². The van der Waals surface area contributed by atoms with Crippen LogP contribution in [-0.4, -0.2) is 34.0 Å². The lowest BCUT2D eigenvalue weighted by atomic mass is 9.85. The summed E-state index contributed by atoms with van der Waals surface area (Å²) in [5.41, 5.74) is -0.938. The molecule has 2 rings (SSSR count). The molecule has 2 atom stereocenters. The van der Waals surface area contributed by atoms with Crippen LogP contribution in [0.1, 0.15) is 58.8 Å². The second-order valence-corrected chi connectivity index (χ2v) is 6.52. The number of nitrogens with zero attached hydrogens (tertiary/aromatic N) is 1. The maximum absolute atomic E-state index is 11.8. The predicted octanol–water partition coefficient (Wildman–Crippen LogP) is 2.67. The predicted molar refractivity (Wildman–Crippen MR) is 72.7 cm³/mol. The van der Waals surface area contributed by atoms with Crippen molar-refractivity contribution in [2.45, 2.75) is 70.4 Å². The summed E-state index contributed by atoms with van der Waals surface area (Å²) < 4.78 is 0. The van der Waals surface area contributed by atoms with Gasteiger partial charge < -0.3 is 10.0 Å². The number of carbonyl (C=O) groups is 2. The highest BCUT2D eigenvalue weighted by molar-refractivity contribution is 5.81. The number of carboxylic acid groups (broad SMARTS) is 1. The van der Waals surface area contributed by atoms with E-state index in [1.165, 1.54) is 0 Å². The van der Waals surface area contributed by atoms with Crippen LogP contribution < -0.4 is 0 Å².